The molecule has 3 unspecified atom stereocenters. The van der Waals surface area contributed by atoms with Crippen molar-refractivity contribution in [3.05, 3.63) is 29.8 Å². The minimum atomic E-state index is -0.907. The smallest absolute Gasteiger partial charge is 0.325 e. The molecular formula is C23H30N4O5. The number of ether oxygens (including phenoxy) is 1. The molecule has 5 amide bonds. The Kier molecular flexibility index (Phi) is 6.45. The molecule has 3 atom stereocenters. The van der Waals surface area contributed by atoms with Crippen LogP contribution in [0.4, 0.5) is 10.5 Å². The van der Waals surface area contributed by atoms with Gasteiger partial charge >= 0.3 is 6.03 Å². The van der Waals surface area contributed by atoms with Crippen molar-refractivity contribution in [1.29, 1.82) is 0 Å². The summed E-state index contributed by atoms with van der Waals surface area (Å²) in [5.74, 6) is -1.17. The summed E-state index contributed by atoms with van der Waals surface area (Å²) in [4.78, 5) is 51.9. The number of imide groups is 1. The summed E-state index contributed by atoms with van der Waals surface area (Å²) < 4.78 is 5.52. The molecular weight excluding hydrogens is 412 g/mol. The lowest BCUT2D eigenvalue weighted by Crippen LogP contribution is -2.54. The van der Waals surface area contributed by atoms with Crippen molar-refractivity contribution in [1.82, 2.24) is 15.5 Å². The van der Waals surface area contributed by atoms with Gasteiger partial charge in [-0.1, -0.05) is 31.9 Å². The van der Waals surface area contributed by atoms with Crippen LogP contribution in [0.5, 0.6) is 0 Å². The van der Waals surface area contributed by atoms with Gasteiger partial charge in [0.25, 0.3) is 11.8 Å². The second kappa shape index (κ2) is 9.28. The lowest BCUT2D eigenvalue weighted by atomic mass is 9.73. The van der Waals surface area contributed by atoms with Gasteiger partial charge in [-0.25, -0.2) is 4.79 Å². The van der Waals surface area contributed by atoms with Crippen LogP contribution < -0.4 is 16.0 Å². The molecule has 1 aromatic rings. The van der Waals surface area contributed by atoms with Gasteiger partial charge in [0, 0.05) is 13.2 Å². The molecule has 0 aromatic heterocycles. The SMILES string of the molecule is CC1CCCCC12NC(=O)N(CC(=O)Nc1ccccc1C(=O)NCC1CCCO1)C2=O. The maximum Gasteiger partial charge on any atom is 0.325 e. The number of benzene rings is 1. The van der Waals surface area contributed by atoms with Crippen LogP contribution in [-0.2, 0) is 14.3 Å². The summed E-state index contributed by atoms with van der Waals surface area (Å²) in [7, 11) is 0. The lowest BCUT2D eigenvalue weighted by Gasteiger charge is -2.36. The van der Waals surface area contributed by atoms with Gasteiger partial charge in [0.15, 0.2) is 0 Å². The topological polar surface area (TPSA) is 117 Å². The average molecular weight is 443 g/mol. The number of anilines is 1. The summed E-state index contributed by atoms with van der Waals surface area (Å²) in [5, 5.41) is 8.37. The maximum atomic E-state index is 13.1. The molecule has 9 nitrogen and oxygen atoms in total. The molecule has 0 radical (unpaired) electrons. The van der Waals surface area contributed by atoms with Crippen LogP contribution in [0.25, 0.3) is 0 Å². The Morgan fingerprint density at radius 3 is 2.75 bits per heavy atom. The zero-order valence-corrected chi connectivity index (χ0v) is 18.3. The third-order valence-corrected chi connectivity index (χ3v) is 6.76. The molecule has 2 aliphatic heterocycles. The van der Waals surface area contributed by atoms with E-state index in [2.05, 4.69) is 16.0 Å². The molecule has 1 saturated carbocycles. The van der Waals surface area contributed by atoms with Crippen LogP contribution in [0, 0.1) is 5.92 Å². The molecule has 0 bridgehead atoms. The van der Waals surface area contributed by atoms with E-state index in [1.54, 1.807) is 24.3 Å². The fourth-order valence-electron chi connectivity index (χ4n) is 4.87. The number of rotatable bonds is 6. The van der Waals surface area contributed by atoms with Crippen LogP contribution in [0.15, 0.2) is 24.3 Å². The molecule has 9 heteroatoms. The zero-order chi connectivity index (χ0) is 22.7. The standard InChI is InChI=1S/C23H30N4O5/c1-15-7-4-5-11-23(15)21(30)27(22(31)26-23)14-19(28)25-18-10-3-2-9-17(18)20(29)24-13-16-8-6-12-32-16/h2-3,9-10,15-16H,4-8,11-14H2,1H3,(H,24,29)(H,25,28)(H,26,31). The van der Waals surface area contributed by atoms with E-state index < -0.39 is 24.0 Å². The quantitative estimate of drug-likeness (QED) is 0.583. The summed E-state index contributed by atoms with van der Waals surface area (Å²) in [5.41, 5.74) is -0.265. The molecule has 2 saturated heterocycles. The summed E-state index contributed by atoms with van der Waals surface area (Å²) >= 11 is 0. The van der Waals surface area contributed by atoms with Gasteiger partial charge < -0.3 is 20.7 Å². The Morgan fingerprint density at radius 1 is 1.19 bits per heavy atom. The van der Waals surface area contributed by atoms with Crippen molar-refractivity contribution in [3.8, 4) is 0 Å². The summed E-state index contributed by atoms with van der Waals surface area (Å²) in [6, 6.07) is 6.12. The van der Waals surface area contributed by atoms with E-state index in [-0.39, 0.29) is 23.8 Å². The minimum absolute atomic E-state index is 0.00916. The highest BCUT2D eigenvalue weighted by Crippen LogP contribution is 2.38. The number of amides is 5. The molecule has 172 valence electrons. The van der Waals surface area contributed by atoms with Gasteiger partial charge in [-0.2, -0.15) is 0 Å². The highest BCUT2D eigenvalue weighted by atomic mass is 16.5. The Bertz CT molecular complexity index is 913. The predicted octanol–water partition coefficient (Wildman–Crippen LogP) is 2.03. The highest BCUT2D eigenvalue weighted by molar-refractivity contribution is 6.11. The molecule has 2 heterocycles. The molecule has 4 rings (SSSR count). The van der Waals surface area contributed by atoms with Crippen molar-refractivity contribution < 1.29 is 23.9 Å². The van der Waals surface area contributed by atoms with E-state index in [1.807, 2.05) is 6.92 Å². The first-order valence-electron chi connectivity index (χ1n) is 11.3. The molecule has 1 spiro atoms. The van der Waals surface area contributed by atoms with Gasteiger partial charge in [0.1, 0.15) is 12.1 Å². The van der Waals surface area contributed by atoms with Crippen molar-refractivity contribution >= 4 is 29.4 Å². The Balaban J connectivity index is 1.39. The number of hydrogen-bond acceptors (Lipinski definition) is 5. The lowest BCUT2D eigenvalue weighted by molar-refractivity contribution is -0.136. The van der Waals surface area contributed by atoms with Crippen LogP contribution >= 0.6 is 0 Å². The summed E-state index contributed by atoms with van der Waals surface area (Å²) in [6.07, 6.45) is 5.24. The Hall–Kier alpha value is -2.94. The van der Waals surface area contributed by atoms with E-state index >= 15 is 0 Å². The zero-order valence-electron chi connectivity index (χ0n) is 18.3. The van der Waals surface area contributed by atoms with E-state index in [0.717, 1.165) is 37.0 Å². The summed E-state index contributed by atoms with van der Waals surface area (Å²) in [6.45, 7) is 2.68. The van der Waals surface area contributed by atoms with Gasteiger partial charge in [-0.05, 0) is 43.7 Å². The van der Waals surface area contributed by atoms with E-state index in [1.165, 1.54) is 0 Å². The number of carbonyl (C=O) groups excluding carboxylic acids is 4. The first-order valence-corrected chi connectivity index (χ1v) is 11.3. The number of para-hydroxylation sites is 1. The number of nitrogens with one attached hydrogen (secondary N) is 3. The molecule has 1 aliphatic carbocycles. The Morgan fingerprint density at radius 2 is 2.00 bits per heavy atom. The first kappa shape index (κ1) is 22.3. The van der Waals surface area contributed by atoms with Gasteiger partial charge in [-0.3, -0.25) is 19.3 Å². The third kappa shape index (κ3) is 4.34. The van der Waals surface area contributed by atoms with E-state index in [9.17, 15) is 19.2 Å². The second-order valence-corrected chi connectivity index (χ2v) is 8.88. The van der Waals surface area contributed by atoms with Crippen molar-refractivity contribution in [3.63, 3.8) is 0 Å². The monoisotopic (exact) mass is 442 g/mol. The minimum Gasteiger partial charge on any atom is -0.376 e. The van der Waals surface area contributed by atoms with Crippen LogP contribution in [0.2, 0.25) is 0 Å². The predicted molar refractivity (Wildman–Crippen MR) is 117 cm³/mol. The largest absolute Gasteiger partial charge is 0.376 e. The molecule has 32 heavy (non-hydrogen) atoms. The molecule has 1 aromatic carbocycles. The van der Waals surface area contributed by atoms with Crippen molar-refractivity contribution in [2.45, 2.75) is 57.1 Å². The molecule has 3 fully saturated rings. The van der Waals surface area contributed by atoms with Crippen LogP contribution in [-0.4, -0.2) is 60.0 Å². The normalized spacial score (nSPS) is 27.5. The number of carbonyl (C=O) groups is 4. The number of hydrogen-bond donors (Lipinski definition) is 3. The van der Waals surface area contributed by atoms with Crippen LogP contribution in [0.1, 0.15) is 55.8 Å². The van der Waals surface area contributed by atoms with Gasteiger partial charge in [0.2, 0.25) is 5.91 Å². The van der Waals surface area contributed by atoms with Gasteiger partial charge in [-0.15, -0.1) is 0 Å². The fraction of sp³-hybridized carbons (Fsp3) is 0.565. The first-order chi connectivity index (χ1) is 15.4. The highest BCUT2D eigenvalue weighted by Gasteiger charge is 2.55. The Labute approximate surface area is 187 Å². The van der Waals surface area contributed by atoms with Crippen molar-refractivity contribution in [2.75, 3.05) is 25.0 Å². The third-order valence-electron chi connectivity index (χ3n) is 6.76. The van der Waals surface area contributed by atoms with Crippen molar-refractivity contribution in [2.24, 2.45) is 5.92 Å². The van der Waals surface area contributed by atoms with Crippen LogP contribution in [0.3, 0.4) is 0 Å². The van der Waals surface area contributed by atoms with E-state index in [4.69, 9.17) is 4.74 Å². The number of nitrogens with zero attached hydrogens (tertiary/aromatic N) is 1. The van der Waals surface area contributed by atoms with E-state index in [0.29, 0.717) is 30.8 Å². The maximum absolute atomic E-state index is 13.1. The molecule has 3 aliphatic rings. The second-order valence-electron chi connectivity index (χ2n) is 8.88. The number of urea groups is 1. The fourth-order valence-corrected chi connectivity index (χ4v) is 4.87. The molecule has 3 N–H and O–H groups in total. The van der Waals surface area contributed by atoms with Gasteiger partial charge in [0.05, 0.1) is 17.4 Å². The average Bonchev–Trinajstić information content (AvgIpc) is 3.38.